The smallest absolute Gasteiger partial charge is 0.261 e. The van der Waals surface area contributed by atoms with Gasteiger partial charge in [0.05, 0.1) is 10.6 Å². The summed E-state index contributed by atoms with van der Waals surface area (Å²) in [6, 6.07) is 6.87. The van der Waals surface area contributed by atoms with Crippen LogP contribution in [-0.2, 0) is 16.6 Å². The number of hydrogen-bond donors (Lipinski definition) is 2. The van der Waals surface area contributed by atoms with E-state index in [2.05, 4.69) is 20.7 Å². The molecular formula is C13H11BrF2N2O2S. The third kappa shape index (κ3) is 3.58. The van der Waals surface area contributed by atoms with E-state index in [0.29, 0.717) is 0 Å². The van der Waals surface area contributed by atoms with Gasteiger partial charge in [0.2, 0.25) is 0 Å². The maximum Gasteiger partial charge on any atom is 0.261 e. The van der Waals surface area contributed by atoms with Crippen molar-refractivity contribution in [2.75, 3.05) is 4.72 Å². The molecule has 21 heavy (non-hydrogen) atoms. The lowest BCUT2D eigenvalue weighted by molar-refractivity contribution is 0.596. The Hall–Kier alpha value is -1.51. The Bertz CT molecular complexity index is 782. The van der Waals surface area contributed by atoms with Crippen molar-refractivity contribution in [1.82, 2.24) is 0 Å². The molecule has 0 bridgehead atoms. The molecule has 0 aliphatic carbocycles. The third-order valence-corrected chi connectivity index (χ3v) is 4.74. The fourth-order valence-corrected chi connectivity index (χ4v) is 3.36. The minimum atomic E-state index is -3.92. The van der Waals surface area contributed by atoms with Crippen molar-refractivity contribution in [2.45, 2.75) is 11.4 Å². The molecule has 0 saturated heterocycles. The first kappa shape index (κ1) is 15.9. The Morgan fingerprint density at radius 3 is 2.48 bits per heavy atom. The molecule has 2 aromatic carbocycles. The monoisotopic (exact) mass is 376 g/mol. The van der Waals surface area contributed by atoms with E-state index >= 15 is 0 Å². The summed E-state index contributed by atoms with van der Waals surface area (Å²) in [7, 11) is -3.92. The average Bonchev–Trinajstić information content (AvgIpc) is 2.42. The number of nitrogens with one attached hydrogen (secondary N) is 1. The van der Waals surface area contributed by atoms with Crippen molar-refractivity contribution in [3.05, 3.63) is 58.1 Å². The number of halogens is 3. The van der Waals surface area contributed by atoms with Gasteiger partial charge in [-0.05, 0) is 52.3 Å². The summed E-state index contributed by atoms with van der Waals surface area (Å²) >= 11 is 3.07. The Balaban J connectivity index is 2.38. The number of benzene rings is 2. The van der Waals surface area contributed by atoms with Crippen molar-refractivity contribution in [3.63, 3.8) is 0 Å². The summed E-state index contributed by atoms with van der Waals surface area (Å²) < 4.78 is 53.3. The molecule has 0 spiro atoms. The van der Waals surface area contributed by atoms with E-state index in [9.17, 15) is 17.2 Å². The molecule has 3 N–H and O–H groups in total. The highest BCUT2D eigenvalue weighted by Gasteiger charge is 2.17. The molecule has 0 aliphatic heterocycles. The van der Waals surface area contributed by atoms with Crippen molar-refractivity contribution in [1.29, 1.82) is 0 Å². The van der Waals surface area contributed by atoms with Gasteiger partial charge in [-0.15, -0.1) is 0 Å². The molecule has 112 valence electrons. The van der Waals surface area contributed by atoms with Gasteiger partial charge in [0.15, 0.2) is 0 Å². The molecule has 0 aromatic heterocycles. The van der Waals surface area contributed by atoms with Crippen LogP contribution in [0.4, 0.5) is 14.5 Å². The fraction of sp³-hybridized carbons (Fsp3) is 0.0769. The van der Waals surface area contributed by atoms with Gasteiger partial charge < -0.3 is 5.73 Å². The highest BCUT2D eigenvalue weighted by Crippen LogP contribution is 2.26. The number of hydrogen-bond acceptors (Lipinski definition) is 3. The van der Waals surface area contributed by atoms with E-state index in [4.69, 9.17) is 5.73 Å². The van der Waals surface area contributed by atoms with E-state index in [-0.39, 0.29) is 27.2 Å². The van der Waals surface area contributed by atoms with E-state index < -0.39 is 21.7 Å². The average molecular weight is 377 g/mol. The summed E-state index contributed by atoms with van der Waals surface area (Å²) in [5.41, 5.74) is 5.62. The second-order valence-electron chi connectivity index (χ2n) is 4.19. The van der Waals surface area contributed by atoms with E-state index in [1.54, 1.807) is 0 Å². The highest BCUT2D eigenvalue weighted by atomic mass is 79.9. The molecule has 0 radical (unpaired) electrons. The van der Waals surface area contributed by atoms with Crippen LogP contribution in [0, 0.1) is 11.6 Å². The lowest BCUT2D eigenvalue weighted by atomic mass is 10.2. The summed E-state index contributed by atoms with van der Waals surface area (Å²) in [4.78, 5) is -0.124. The van der Waals surface area contributed by atoms with Crippen molar-refractivity contribution >= 4 is 31.6 Å². The van der Waals surface area contributed by atoms with Gasteiger partial charge in [-0.1, -0.05) is 0 Å². The first-order chi connectivity index (χ1) is 9.83. The molecule has 0 atom stereocenters. The normalized spacial score (nSPS) is 11.4. The van der Waals surface area contributed by atoms with E-state index in [1.807, 2.05) is 0 Å². The van der Waals surface area contributed by atoms with Crippen molar-refractivity contribution in [2.24, 2.45) is 5.73 Å². The molecular weight excluding hydrogens is 366 g/mol. The fourth-order valence-electron chi connectivity index (χ4n) is 1.65. The maximum absolute atomic E-state index is 13.3. The van der Waals surface area contributed by atoms with Crippen LogP contribution in [0.5, 0.6) is 0 Å². The molecule has 4 nitrogen and oxygen atoms in total. The lowest BCUT2D eigenvalue weighted by Crippen LogP contribution is -2.14. The summed E-state index contributed by atoms with van der Waals surface area (Å²) in [5, 5.41) is 0. The number of rotatable bonds is 4. The van der Waals surface area contributed by atoms with Crippen molar-refractivity contribution in [3.8, 4) is 0 Å². The minimum absolute atomic E-state index is 0.0936. The quantitative estimate of drug-likeness (QED) is 0.861. The van der Waals surface area contributed by atoms with Gasteiger partial charge in [0.1, 0.15) is 11.6 Å². The predicted octanol–water partition coefficient (Wildman–Crippen LogP) is 2.99. The molecule has 8 heteroatoms. The molecule has 2 aromatic rings. The topological polar surface area (TPSA) is 72.2 Å². The summed E-state index contributed by atoms with van der Waals surface area (Å²) in [6.07, 6.45) is 0. The molecule has 0 heterocycles. The predicted molar refractivity (Wildman–Crippen MR) is 79.2 cm³/mol. The van der Waals surface area contributed by atoms with Crippen LogP contribution in [0.2, 0.25) is 0 Å². The second kappa shape index (κ2) is 6.08. The highest BCUT2D eigenvalue weighted by molar-refractivity contribution is 9.10. The van der Waals surface area contributed by atoms with Crippen LogP contribution in [0.3, 0.4) is 0 Å². The summed E-state index contributed by atoms with van der Waals surface area (Å²) in [5.74, 6) is -1.07. The van der Waals surface area contributed by atoms with E-state index in [1.165, 1.54) is 6.07 Å². The van der Waals surface area contributed by atoms with Crippen LogP contribution in [-0.4, -0.2) is 8.42 Å². The van der Waals surface area contributed by atoms with Crippen LogP contribution in [0.15, 0.2) is 45.8 Å². The second-order valence-corrected chi connectivity index (χ2v) is 6.72. The molecule has 0 fully saturated rings. The Morgan fingerprint density at radius 1 is 1.14 bits per heavy atom. The van der Waals surface area contributed by atoms with Crippen LogP contribution < -0.4 is 10.5 Å². The largest absolute Gasteiger partial charge is 0.326 e. The molecule has 0 amide bonds. The molecule has 0 saturated carbocycles. The number of sulfonamides is 1. The van der Waals surface area contributed by atoms with Crippen LogP contribution in [0.1, 0.15) is 5.56 Å². The van der Waals surface area contributed by atoms with Crippen LogP contribution >= 0.6 is 15.9 Å². The van der Waals surface area contributed by atoms with Gasteiger partial charge in [0.25, 0.3) is 10.0 Å². The van der Waals surface area contributed by atoms with E-state index in [0.717, 1.165) is 30.3 Å². The van der Waals surface area contributed by atoms with Gasteiger partial charge in [-0.2, -0.15) is 0 Å². The molecule has 2 rings (SSSR count). The van der Waals surface area contributed by atoms with Gasteiger partial charge in [-0.25, -0.2) is 17.2 Å². The zero-order valence-electron chi connectivity index (χ0n) is 10.6. The van der Waals surface area contributed by atoms with Crippen LogP contribution in [0.25, 0.3) is 0 Å². The zero-order chi connectivity index (χ0) is 15.6. The first-order valence-electron chi connectivity index (χ1n) is 5.80. The lowest BCUT2D eigenvalue weighted by Gasteiger charge is -2.11. The SMILES string of the molecule is NCc1cc(S(=O)(=O)Nc2ccc(F)cc2Br)ccc1F. The van der Waals surface area contributed by atoms with Gasteiger partial charge in [0, 0.05) is 16.6 Å². The maximum atomic E-state index is 13.3. The Labute approximate surface area is 129 Å². The van der Waals surface area contributed by atoms with Gasteiger partial charge in [-0.3, -0.25) is 4.72 Å². The summed E-state index contributed by atoms with van der Waals surface area (Å²) in [6.45, 7) is -0.116. The first-order valence-corrected chi connectivity index (χ1v) is 8.07. The van der Waals surface area contributed by atoms with Crippen molar-refractivity contribution < 1.29 is 17.2 Å². The zero-order valence-corrected chi connectivity index (χ0v) is 13.0. The molecule has 0 unspecified atom stereocenters. The minimum Gasteiger partial charge on any atom is -0.326 e. The standard InChI is InChI=1S/C13H11BrF2N2O2S/c14-11-6-9(15)1-4-13(11)18-21(19,20)10-2-3-12(16)8(5-10)7-17/h1-6,18H,7,17H2. The number of nitrogens with two attached hydrogens (primary N) is 1. The van der Waals surface area contributed by atoms with Gasteiger partial charge >= 0.3 is 0 Å². The third-order valence-electron chi connectivity index (χ3n) is 2.72. The molecule has 0 aliphatic rings. The Morgan fingerprint density at radius 2 is 1.86 bits per heavy atom. The number of anilines is 1. The Kier molecular flexibility index (Phi) is 4.60.